The van der Waals surface area contributed by atoms with Crippen molar-refractivity contribution in [2.45, 2.75) is 17.9 Å². The Morgan fingerprint density at radius 2 is 1.75 bits per heavy atom. The number of aromatic nitrogens is 5. The molecule has 11 nitrogen and oxygen atoms in total. The van der Waals surface area contributed by atoms with Crippen LogP contribution in [0.3, 0.4) is 0 Å². The molecule has 0 radical (unpaired) electrons. The van der Waals surface area contributed by atoms with E-state index in [4.69, 9.17) is 10.9 Å². The summed E-state index contributed by atoms with van der Waals surface area (Å²) in [6, 6.07) is 17.6. The lowest BCUT2D eigenvalue weighted by Crippen LogP contribution is -2.11. The van der Waals surface area contributed by atoms with Crippen LogP contribution >= 0.6 is 0 Å². The molecule has 2 aromatic heterocycles. The van der Waals surface area contributed by atoms with Gasteiger partial charge in [0, 0.05) is 17.8 Å². The Bertz CT molecular complexity index is 1320. The summed E-state index contributed by atoms with van der Waals surface area (Å²) in [7, 11) is -3.77. The number of hydrogen-bond acceptors (Lipinski definition) is 9. The third-order valence-corrected chi connectivity index (χ3v) is 5.53. The first-order valence-corrected chi connectivity index (χ1v) is 11.1. The van der Waals surface area contributed by atoms with Gasteiger partial charge in [-0.2, -0.15) is 9.67 Å². The van der Waals surface area contributed by atoms with Gasteiger partial charge in [0.2, 0.25) is 21.9 Å². The van der Waals surface area contributed by atoms with Crippen molar-refractivity contribution < 1.29 is 8.42 Å². The fourth-order valence-electron chi connectivity index (χ4n) is 2.99. The van der Waals surface area contributed by atoms with Crippen LogP contribution in [0.4, 0.5) is 23.4 Å². The van der Waals surface area contributed by atoms with Crippen molar-refractivity contribution >= 4 is 33.4 Å². The van der Waals surface area contributed by atoms with E-state index in [0.717, 1.165) is 5.56 Å². The highest BCUT2D eigenvalue weighted by Crippen LogP contribution is 2.21. The zero-order valence-corrected chi connectivity index (χ0v) is 17.9. The van der Waals surface area contributed by atoms with Crippen molar-refractivity contribution in [2.75, 3.05) is 16.4 Å². The molecule has 4 rings (SSSR count). The molecular formula is C20H21N9O2S. The van der Waals surface area contributed by atoms with Gasteiger partial charge in [-0.05, 0) is 36.8 Å². The average Bonchev–Trinajstić information content (AvgIpc) is 3.14. The van der Waals surface area contributed by atoms with Crippen molar-refractivity contribution in [3.8, 4) is 5.82 Å². The molecule has 0 spiro atoms. The number of rotatable bonds is 7. The Morgan fingerprint density at radius 1 is 1.03 bits per heavy atom. The van der Waals surface area contributed by atoms with E-state index in [9.17, 15) is 8.42 Å². The molecule has 0 saturated heterocycles. The second-order valence-electron chi connectivity index (χ2n) is 6.94. The molecule has 6 N–H and O–H groups in total. The minimum Gasteiger partial charge on any atom is -0.368 e. The van der Waals surface area contributed by atoms with Gasteiger partial charge in [0.1, 0.15) is 12.1 Å². The highest BCUT2D eigenvalue weighted by atomic mass is 32.2. The largest absolute Gasteiger partial charge is 0.368 e. The van der Waals surface area contributed by atoms with Gasteiger partial charge in [-0.15, -0.1) is 5.10 Å². The van der Waals surface area contributed by atoms with E-state index in [1.54, 1.807) is 18.2 Å². The van der Waals surface area contributed by atoms with Gasteiger partial charge in [0.05, 0.1) is 4.90 Å². The fraction of sp³-hybridized carbons (Fsp3) is 0.100. The number of nitrogens with zero attached hydrogens (tertiary/aromatic N) is 5. The van der Waals surface area contributed by atoms with Crippen LogP contribution in [-0.2, 0) is 10.0 Å². The second-order valence-corrected chi connectivity index (χ2v) is 8.50. The molecular weight excluding hydrogens is 430 g/mol. The predicted molar refractivity (Wildman–Crippen MR) is 121 cm³/mol. The normalized spacial score (nSPS) is 12.3. The van der Waals surface area contributed by atoms with Gasteiger partial charge >= 0.3 is 0 Å². The number of nitrogen functional groups attached to an aromatic ring is 1. The summed E-state index contributed by atoms with van der Waals surface area (Å²) in [4.78, 5) is 12.7. The number of nitrogens with one attached hydrogen (secondary N) is 2. The van der Waals surface area contributed by atoms with Gasteiger partial charge in [-0.3, -0.25) is 0 Å². The van der Waals surface area contributed by atoms with E-state index in [1.807, 2.05) is 37.3 Å². The maximum Gasteiger partial charge on any atom is 0.248 e. The molecule has 0 aliphatic rings. The predicted octanol–water partition coefficient (Wildman–Crippen LogP) is 2.20. The van der Waals surface area contributed by atoms with Crippen molar-refractivity contribution in [2.24, 2.45) is 5.14 Å². The molecule has 4 aromatic rings. The average molecular weight is 452 g/mol. The first-order valence-electron chi connectivity index (χ1n) is 9.56. The molecule has 2 aromatic carbocycles. The van der Waals surface area contributed by atoms with Crippen molar-refractivity contribution in [1.29, 1.82) is 0 Å². The van der Waals surface area contributed by atoms with E-state index in [2.05, 4.69) is 30.7 Å². The number of benzene rings is 2. The standard InChI is InChI=1S/C20H21N9O2S/c1-13(14-5-3-2-4-6-14)25-17-11-18(24-12-23-17)29-19(21)27-20(28-29)26-15-7-9-16(10-8-15)32(22,30)31/h2-13H,1H3,(H2,22,30,31)(H,23,24,25)(H3,21,26,27,28)/t13-/m0/s1. The highest BCUT2D eigenvalue weighted by molar-refractivity contribution is 7.89. The van der Waals surface area contributed by atoms with Gasteiger partial charge in [-0.25, -0.2) is 23.5 Å². The Kier molecular flexibility index (Phi) is 5.71. The molecule has 0 aliphatic carbocycles. The molecule has 0 fully saturated rings. The Balaban J connectivity index is 1.52. The monoisotopic (exact) mass is 451 g/mol. The number of hydrogen-bond donors (Lipinski definition) is 4. The molecule has 2 heterocycles. The zero-order chi connectivity index (χ0) is 22.7. The topological polar surface area (TPSA) is 167 Å². The maximum atomic E-state index is 11.4. The van der Waals surface area contributed by atoms with Gasteiger partial charge < -0.3 is 16.4 Å². The van der Waals surface area contributed by atoms with E-state index in [0.29, 0.717) is 17.3 Å². The molecule has 0 amide bonds. The lowest BCUT2D eigenvalue weighted by Gasteiger charge is -2.15. The number of sulfonamides is 1. The van der Waals surface area contributed by atoms with Gasteiger partial charge in [0.25, 0.3) is 0 Å². The SMILES string of the molecule is C[C@H](Nc1cc(-n2nc(Nc3ccc(S(N)(=O)=O)cc3)nc2N)ncn1)c1ccccc1. The summed E-state index contributed by atoms with van der Waals surface area (Å²) in [5, 5.41) is 15.7. The molecule has 0 bridgehead atoms. The van der Waals surface area contributed by atoms with Crippen molar-refractivity contribution in [3.05, 3.63) is 72.6 Å². The third-order valence-electron chi connectivity index (χ3n) is 4.60. The number of primary sulfonamides is 1. The summed E-state index contributed by atoms with van der Waals surface area (Å²) < 4.78 is 24.1. The lowest BCUT2D eigenvalue weighted by atomic mass is 10.1. The molecule has 0 aliphatic heterocycles. The van der Waals surface area contributed by atoms with Crippen LogP contribution in [0.1, 0.15) is 18.5 Å². The first kappa shape index (κ1) is 21.2. The van der Waals surface area contributed by atoms with Crippen LogP contribution in [0.5, 0.6) is 0 Å². The molecule has 12 heteroatoms. The Morgan fingerprint density at radius 3 is 2.44 bits per heavy atom. The highest BCUT2D eigenvalue weighted by Gasteiger charge is 2.13. The van der Waals surface area contributed by atoms with Crippen molar-refractivity contribution in [1.82, 2.24) is 24.7 Å². The smallest absolute Gasteiger partial charge is 0.248 e. The fourth-order valence-corrected chi connectivity index (χ4v) is 3.51. The summed E-state index contributed by atoms with van der Waals surface area (Å²) in [5.74, 6) is 1.38. The summed E-state index contributed by atoms with van der Waals surface area (Å²) in [6.07, 6.45) is 1.41. The van der Waals surface area contributed by atoms with Gasteiger partial charge in [0.15, 0.2) is 5.82 Å². The van der Waals surface area contributed by atoms with Crippen LogP contribution < -0.4 is 21.5 Å². The molecule has 32 heavy (non-hydrogen) atoms. The third kappa shape index (κ3) is 4.82. The van der Waals surface area contributed by atoms with E-state index in [-0.39, 0.29) is 22.8 Å². The Labute approximate surface area is 184 Å². The lowest BCUT2D eigenvalue weighted by molar-refractivity contribution is 0.598. The molecule has 1 atom stereocenters. The van der Waals surface area contributed by atoms with E-state index in [1.165, 1.54) is 23.1 Å². The minimum atomic E-state index is -3.77. The number of nitrogens with two attached hydrogens (primary N) is 2. The molecule has 0 saturated carbocycles. The second kappa shape index (κ2) is 8.61. The van der Waals surface area contributed by atoms with Crippen LogP contribution in [0.2, 0.25) is 0 Å². The van der Waals surface area contributed by atoms with Crippen LogP contribution in [0.25, 0.3) is 5.82 Å². The van der Waals surface area contributed by atoms with Crippen LogP contribution in [0.15, 0.2) is 71.9 Å². The zero-order valence-electron chi connectivity index (χ0n) is 17.0. The maximum absolute atomic E-state index is 11.4. The molecule has 0 unspecified atom stereocenters. The van der Waals surface area contributed by atoms with E-state index >= 15 is 0 Å². The number of anilines is 4. The Hall–Kier alpha value is -4.03. The van der Waals surface area contributed by atoms with E-state index < -0.39 is 10.0 Å². The molecule has 164 valence electrons. The quantitative estimate of drug-likeness (QED) is 0.329. The van der Waals surface area contributed by atoms with Crippen LogP contribution in [0, 0.1) is 0 Å². The minimum absolute atomic E-state index is 0.00629. The van der Waals surface area contributed by atoms with Crippen molar-refractivity contribution in [3.63, 3.8) is 0 Å². The summed E-state index contributed by atoms with van der Waals surface area (Å²) in [6.45, 7) is 2.03. The van der Waals surface area contributed by atoms with Gasteiger partial charge in [-0.1, -0.05) is 30.3 Å². The van der Waals surface area contributed by atoms with Crippen LogP contribution in [-0.4, -0.2) is 33.2 Å². The first-order chi connectivity index (χ1) is 15.3. The summed E-state index contributed by atoms with van der Waals surface area (Å²) in [5.41, 5.74) is 7.71. The summed E-state index contributed by atoms with van der Waals surface area (Å²) >= 11 is 0.